The van der Waals surface area contributed by atoms with Crippen molar-refractivity contribution in [1.29, 1.82) is 0 Å². The summed E-state index contributed by atoms with van der Waals surface area (Å²) in [6.07, 6.45) is 0. The third kappa shape index (κ3) is 2.98. The van der Waals surface area contributed by atoms with Gasteiger partial charge in [0, 0.05) is 11.4 Å². The van der Waals surface area contributed by atoms with Gasteiger partial charge in [0.05, 0.1) is 6.54 Å². The maximum absolute atomic E-state index is 13.6. The van der Waals surface area contributed by atoms with Crippen molar-refractivity contribution in [3.8, 4) is 0 Å². The molecule has 0 radical (unpaired) electrons. The molecule has 0 saturated heterocycles. The van der Waals surface area contributed by atoms with E-state index in [0.717, 1.165) is 22.3 Å². The molecule has 0 saturated carbocycles. The van der Waals surface area contributed by atoms with Crippen LogP contribution in [0.1, 0.15) is 29.9 Å². The molecule has 1 aromatic heterocycles. The van der Waals surface area contributed by atoms with Crippen molar-refractivity contribution in [3.63, 3.8) is 0 Å². The monoisotopic (exact) mass is 283 g/mol. The highest BCUT2D eigenvalue weighted by molar-refractivity contribution is 5.77. The first-order valence-corrected chi connectivity index (χ1v) is 7.10. The number of hydrogen-bond donors (Lipinski definition) is 1. The lowest BCUT2D eigenvalue weighted by molar-refractivity contribution is 0.481. The minimum Gasteiger partial charge on any atom is -0.460 e. The smallest absolute Gasteiger partial charge is 0.134 e. The van der Waals surface area contributed by atoms with Crippen molar-refractivity contribution >= 4 is 11.0 Å². The highest BCUT2D eigenvalue weighted by atomic mass is 19.1. The lowest BCUT2D eigenvalue weighted by atomic mass is 10.1. The molecule has 108 valence electrons. The number of nitrogens with one attached hydrogen (secondary N) is 1. The Kier molecular flexibility index (Phi) is 3.76. The Labute approximate surface area is 123 Å². The molecular weight excluding hydrogens is 265 g/mol. The van der Waals surface area contributed by atoms with E-state index in [4.69, 9.17) is 4.42 Å². The van der Waals surface area contributed by atoms with E-state index in [1.165, 1.54) is 0 Å². The number of rotatable bonds is 4. The molecule has 1 atom stereocenters. The number of fused-ring (bicyclic) bond motifs is 1. The predicted octanol–water partition coefficient (Wildman–Crippen LogP) is 4.73. The van der Waals surface area contributed by atoms with E-state index < -0.39 is 0 Å². The Bertz CT molecular complexity index is 730. The van der Waals surface area contributed by atoms with Crippen molar-refractivity contribution in [2.75, 3.05) is 0 Å². The molecule has 1 heterocycles. The molecule has 0 fully saturated rings. The zero-order valence-corrected chi connectivity index (χ0v) is 12.2. The Morgan fingerprint density at radius 2 is 1.95 bits per heavy atom. The first-order chi connectivity index (χ1) is 10.1. The summed E-state index contributed by atoms with van der Waals surface area (Å²) in [6, 6.07) is 15.4. The zero-order chi connectivity index (χ0) is 14.8. The summed E-state index contributed by atoms with van der Waals surface area (Å²) in [5.41, 5.74) is 2.50. The third-order valence-electron chi connectivity index (χ3n) is 3.75. The van der Waals surface area contributed by atoms with E-state index in [0.29, 0.717) is 12.1 Å². The van der Waals surface area contributed by atoms with Gasteiger partial charge in [-0.3, -0.25) is 0 Å². The third-order valence-corrected chi connectivity index (χ3v) is 3.75. The van der Waals surface area contributed by atoms with Gasteiger partial charge in [-0.15, -0.1) is 0 Å². The van der Waals surface area contributed by atoms with Gasteiger partial charge in [0.1, 0.15) is 17.2 Å². The van der Waals surface area contributed by atoms with Crippen LogP contribution in [0.25, 0.3) is 11.0 Å². The second kappa shape index (κ2) is 5.70. The van der Waals surface area contributed by atoms with E-state index in [1.54, 1.807) is 13.0 Å². The minimum absolute atomic E-state index is 0.0633. The van der Waals surface area contributed by atoms with Crippen LogP contribution in [-0.4, -0.2) is 0 Å². The lowest BCUT2D eigenvalue weighted by Gasteiger charge is -2.14. The average molecular weight is 283 g/mol. The largest absolute Gasteiger partial charge is 0.460 e. The molecule has 0 bridgehead atoms. The van der Waals surface area contributed by atoms with E-state index in [-0.39, 0.29) is 11.9 Å². The van der Waals surface area contributed by atoms with E-state index >= 15 is 0 Å². The Morgan fingerprint density at radius 1 is 1.14 bits per heavy atom. The first kappa shape index (κ1) is 13.8. The Balaban J connectivity index is 1.70. The van der Waals surface area contributed by atoms with Gasteiger partial charge < -0.3 is 9.73 Å². The van der Waals surface area contributed by atoms with E-state index in [2.05, 4.69) is 5.32 Å². The molecule has 21 heavy (non-hydrogen) atoms. The van der Waals surface area contributed by atoms with Gasteiger partial charge in [-0.1, -0.05) is 30.3 Å². The summed E-state index contributed by atoms with van der Waals surface area (Å²) in [4.78, 5) is 0. The summed E-state index contributed by atoms with van der Waals surface area (Å²) < 4.78 is 19.4. The normalized spacial score (nSPS) is 12.7. The molecule has 3 heteroatoms. The van der Waals surface area contributed by atoms with Crippen molar-refractivity contribution in [2.45, 2.75) is 26.4 Å². The minimum atomic E-state index is -0.162. The van der Waals surface area contributed by atoms with Crippen LogP contribution in [0.15, 0.2) is 52.9 Å². The quantitative estimate of drug-likeness (QED) is 0.748. The predicted molar refractivity (Wildman–Crippen MR) is 82.6 cm³/mol. The fraction of sp³-hybridized carbons (Fsp3) is 0.222. The summed E-state index contributed by atoms with van der Waals surface area (Å²) in [7, 11) is 0. The van der Waals surface area contributed by atoms with Gasteiger partial charge in [-0.05, 0) is 43.2 Å². The summed E-state index contributed by atoms with van der Waals surface area (Å²) in [6.45, 7) is 4.41. The van der Waals surface area contributed by atoms with Gasteiger partial charge in [-0.2, -0.15) is 0 Å². The molecule has 0 aliphatic carbocycles. The molecule has 2 nitrogen and oxygen atoms in total. The van der Waals surface area contributed by atoms with Crippen LogP contribution in [0.5, 0.6) is 0 Å². The highest BCUT2D eigenvalue weighted by Gasteiger charge is 2.09. The van der Waals surface area contributed by atoms with E-state index in [9.17, 15) is 4.39 Å². The SMILES string of the molecule is Cc1ccc(C(C)NCc2cc3ccccc3o2)cc1F. The molecule has 0 amide bonds. The molecule has 3 aromatic rings. The summed E-state index contributed by atoms with van der Waals surface area (Å²) in [5, 5.41) is 4.46. The molecule has 0 spiro atoms. The standard InChI is InChI=1S/C18H18FNO/c1-12-7-8-14(10-17(12)19)13(2)20-11-16-9-15-5-3-4-6-18(15)21-16/h3-10,13,20H,11H2,1-2H3. The van der Waals surface area contributed by atoms with Crippen LogP contribution < -0.4 is 5.32 Å². The number of para-hydroxylation sites is 1. The Hall–Kier alpha value is -2.13. The summed E-state index contributed by atoms with van der Waals surface area (Å²) >= 11 is 0. The van der Waals surface area contributed by atoms with Gasteiger partial charge in [0.15, 0.2) is 0 Å². The topological polar surface area (TPSA) is 25.2 Å². The molecule has 2 aromatic carbocycles. The van der Waals surface area contributed by atoms with Crippen molar-refractivity contribution in [3.05, 3.63) is 71.2 Å². The summed E-state index contributed by atoms with van der Waals surface area (Å²) in [5.74, 6) is 0.723. The maximum atomic E-state index is 13.6. The van der Waals surface area contributed by atoms with Gasteiger partial charge in [0.2, 0.25) is 0 Å². The van der Waals surface area contributed by atoms with Crippen LogP contribution in [0.2, 0.25) is 0 Å². The second-order valence-corrected chi connectivity index (χ2v) is 5.36. The fourth-order valence-corrected chi connectivity index (χ4v) is 2.37. The van der Waals surface area contributed by atoms with Crippen LogP contribution in [0, 0.1) is 12.7 Å². The first-order valence-electron chi connectivity index (χ1n) is 7.10. The average Bonchev–Trinajstić information content (AvgIpc) is 2.90. The van der Waals surface area contributed by atoms with Crippen LogP contribution in [0.4, 0.5) is 4.39 Å². The molecule has 0 aliphatic rings. The maximum Gasteiger partial charge on any atom is 0.134 e. The van der Waals surface area contributed by atoms with E-state index in [1.807, 2.05) is 49.4 Å². The van der Waals surface area contributed by atoms with Gasteiger partial charge >= 0.3 is 0 Å². The lowest BCUT2D eigenvalue weighted by Crippen LogP contribution is -2.17. The molecule has 1 N–H and O–H groups in total. The van der Waals surface area contributed by atoms with Crippen LogP contribution in [0.3, 0.4) is 0 Å². The molecule has 1 unspecified atom stereocenters. The second-order valence-electron chi connectivity index (χ2n) is 5.36. The number of halogens is 1. The van der Waals surface area contributed by atoms with Crippen LogP contribution >= 0.6 is 0 Å². The number of benzene rings is 2. The van der Waals surface area contributed by atoms with Crippen LogP contribution in [-0.2, 0) is 6.54 Å². The zero-order valence-electron chi connectivity index (χ0n) is 12.2. The fourth-order valence-electron chi connectivity index (χ4n) is 2.37. The number of furan rings is 1. The van der Waals surface area contributed by atoms with Gasteiger partial charge in [-0.25, -0.2) is 4.39 Å². The van der Waals surface area contributed by atoms with Gasteiger partial charge in [0.25, 0.3) is 0 Å². The molecule has 3 rings (SSSR count). The number of aryl methyl sites for hydroxylation is 1. The Morgan fingerprint density at radius 3 is 2.71 bits per heavy atom. The van der Waals surface area contributed by atoms with Crippen molar-refractivity contribution < 1.29 is 8.81 Å². The molecular formula is C18H18FNO. The van der Waals surface area contributed by atoms with Crippen molar-refractivity contribution in [1.82, 2.24) is 5.32 Å². The van der Waals surface area contributed by atoms with Crippen molar-refractivity contribution in [2.24, 2.45) is 0 Å². The molecule has 0 aliphatic heterocycles. The number of hydrogen-bond acceptors (Lipinski definition) is 2. The highest BCUT2D eigenvalue weighted by Crippen LogP contribution is 2.20.